The second kappa shape index (κ2) is 4.78. The van der Waals surface area contributed by atoms with E-state index >= 15 is 0 Å². The topological polar surface area (TPSA) is 57.0 Å². The van der Waals surface area contributed by atoms with Gasteiger partial charge in [-0.15, -0.1) is 5.10 Å². The number of benzene rings is 1. The largest absolute Gasteiger partial charge is 0.494 e. The summed E-state index contributed by atoms with van der Waals surface area (Å²) in [5, 5.41) is 7.98. The standard InChI is InChI=1S/C12H13N3O2/c1-3-9-11(8-16)15(14-13-9)10-6-4-5-7-12(10)17-2/h4-8H,3H2,1-2H3. The molecule has 2 aromatic rings. The van der Waals surface area contributed by atoms with Crippen LogP contribution in [0.1, 0.15) is 23.1 Å². The SMILES string of the molecule is CCc1nnn(-c2ccccc2OC)c1C=O. The van der Waals surface area contributed by atoms with E-state index in [-0.39, 0.29) is 0 Å². The summed E-state index contributed by atoms with van der Waals surface area (Å²) >= 11 is 0. The van der Waals surface area contributed by atoms with Gasteiger partial charge in [0, 0.05) is 0 Å². The fraction of sp³-hybridized carbons (Fsp3) is 0.250. The van der Waals surface area contributed by atoms with Crippen LogP contribution < -0.4 is 4.74 Å². The van der Waals surface area contributed by atoms with Crippen LogP contribution in [-0.2, 0) is 6.42 Å². The van der Waals surface area contributed by atoms with Gasteiger partial charge in [0.2, 0.25) is 0 Å². The second-order valence-corrected chi connectivity index (χ2v) is 3.48. The number of aryl methyl sites for hydroxylation is 1. The fourth-order valence-electron chi connectivity index (χ4n) is 1.67. The quantitative estimate of drug-likeness (QED) is 0.751. The maximum Gasteiger partial charge on any atom is 0.170 e. The summed E-state index contributed by atoms with van der Waals surface area (Å²) in [6.45, 7) is 1.93. The first-order chi connectivity index (χ1) is 8.31. The Morgan fingerprint density at radius 1 is 1.41 bits per heavy atom. The lowest BCUT2D eigenvalue weighted by Crippen LogP contribution is -2.04. The number of aldehydes is 1. The van der Waals surface area contributed by atoms with E-state index in [4.69, 9.17) is 4.74 Å². The van der Waals surface area contributed by atoms with Crippen molar-refractivity contribution in [2.45, 2.75) is 13.3 Å². The number of carbonyl (C=O) groups excluding carboxylic acids is 1. The van der Waals surface area contributed by atoms with Crippen molar-refractivity contribution in [2.24, 2.45) is 0 Å². The normalized spacial score (nSPS) is 10.2. The Labute approximate surface area is 99.0 Å². The zero-order valence-corrected chi connectivity index (χ0v) is 9.75. The van der Waals surface area contributed by atoms with E-state index in [1.165, 1.54) is 4.68 Å². The monoisotopic (exact) mass is 231 g/mol. The molecule has 0 N–H and O–H groups in total. The van der Waals surface area contributed by atoms with Gasteiger partial charge in [-0.1, -0.05) is 24.3 Å². The van der Waals surface area contributed by atoms with E-state index in [2.05, 4.69) is 10.3 Å². The second-order valence-electron chi connectivity index (χ2n) is 3.48. The van der Waals surface area contributed by atoms with Gasteiger partial charge in [-0.25, -0.2) is 4.68 Å². The zero-order valence-electron chi connectivity index (χ0n) is 9.75. The highest BCUT2D eigenvalue weighted by Gasteiger charge is 2.14. The van der Waals surface area contributed by atoms with Crippen molar-refractivity contribution in [3.05, 3.63) is 35.7 Å². The molecule has 2 rings (SSSR count). The highest BCUT2D eigenvalue weighted by molar-refractivity contribution is 5.75. The lowest BCUT2D eigenvalue weighted by molar-refractivity contribution is 0.111. The number of rotatable bonds is 4. The van der Waals surface area contributed by atoms with Crippen LogP contribution in [0.15, 0.2) is 24.3 Å². The molecular weight excluding hydrogens is 218 g/mol. The number of para-hydroxylation sites is 2. The van der Waals surface area contributed by atoms with Crippen molar-refractivity contribution in [3.63, 3.8) is 0 Å². The Balaban J connectivity index is 2.60. The molecule has 0 aliphatic carbocycles. The predicted octanol–water partition coefficient (Wildman–Crippen LogP) is 1.65. The van der Waals surface area contributed by atoms with Crippen LogP contribution in [0.2, 0.25) is 0 Å². The van der Waals surface area contributed by atoms with Gasteiger partial charge in [0.05, 0.1) is 12.8 Å². The molecule has 0 saturated carbocycles. The molecule has 5 nitrogen and oxygen atoms in total. The Morgan fingerprint density at radius 3 is 2.82 bits per heavy atom. The molecule has 17 heavy (non-hydrogen) atoms. The number of carbonyl (C=O) groups is 1. The zero-order chi connectivity index (χ0) is 12.3. The Morgan fingerprint density at radius 2 is 2.18 bits per heavy atom. The minimum atomic E-state index is 0.469. The predicted molar refractivity (Wildman–Crippen MR) is 62.7 cm³/mol. The lowest BCUT2D eigenvalue weighted by atomic mass is 10.2. The summed E-state index contributed by atoms with van der Waals surface area (Å²) in [5.74, 6) is 0.656. The minimum absolute atomic E-state index is 0.469. The molecule has 0 spiro atoms. The van der Waals surface area contributed by atoms with Gasteiger partial charge < -0.3 is 4.74 Å². The Bertz CT molecular complexity index is 534. The average Bonchev–Trinajstić information content (AvgIpc) is 2.81. The van der Waals surface area contributed by atoms with Crippen molar-refractivity contribution in [1.29, 1.82) is 0 Å². The molecule has 1 heterocycles. The molecular formula is C12H13N3O2. The number of hydrogen-bond donors (Lipinski definition) is 0. The lowest BCUT2D eigenvalue weighted by Gasteiger charge is -2.08. The maximum absolute atomic E-state index is 11.1. The van der Waals surface area contributed by atoms with E-state index in [9.17, 15) is 4.79 Å². The maximum atomic E-state index is 11.1. The number of ether oxygens (including phenoxy) is 1. The summed E-state index contributed by atoms with van der Waals surface area (Å²) < 4.78 is 6.74. The van der Waals surface area contributed by atoms with Crippen molar-refractivity contribution in [1.82, 2.24) is 15.0 Å². The highest BCUT2D eigenvalue weighted by atomic mass is 16.5. The molecule has 88 valence electrons. The van der Waals surface area contributed by atoms with Crippen molar-refractivity contribution < 1.29 is 9.53 Å². The van der Waals surface area contributed by atoms with Gasteiger partial charge in [0.1, 0.15) is 17.1 Å². The van der Waals surface area contributed by atoms with E-state index in [1.54, 1.807) is 7.11 Å². The average molecular weight is 231 g/mol. The number of nitrogens with zero attached hydrogens (tertiary/aromatic N) is 3. The molecule has 0 radical (unpaired) electrons. The first-order valence-corrected chi connectivity index (χ1v) is 5.35. The van der Waals surface area contributed by atoms with Crippen molar-refractivity contribution in [3.8, 4) is 11.4 Å². The van der Waals surface area contributed by atoms with Crippen molar-refractivity contribution in [2.75, 3.05) is 7.11 Å². The van der Waals surface area contributed by atoms with E-state index in [1.807, 2.05) is 31.2 Å². The highest BCUT2D eigenvalue weighted by Crippen LogP contribution is 2.22. The molecule has 0 fully saturated rings. The molecule has 0 amide bonds. The number of hydrogen-bond acceptors (Lipinski definition) is 4. The van der Waals surface area contributed by atoms with E-state index in [0.29, 0.717) is 29.2 Å². The van der Waals surface area contributed by atoms with Crippen LogP contribution in [0.3, 0.4) is 0 Å². The molecule has 1 aromatic heterocycles. The van der Waals surface area contributed by atoms with Crippen molar-refractivity contribution >= 4 is 6.29 Å². The van der Waals surface area contributed by atoms with Gasteiger partial charge in [0.25, 0.3) is 0 Å². The molecule has 1 aromatic carbocycles. The number of methoxy groups -OCH3 is 1. The summed E-state index contributed by atoms with van der Waals surface area (Å²) in [6.07, 6.45) is 1.44. The number of aromatic nitrogens is 3. The Kier molecular flexibility index (Phi) is 3.18. The fourth-order valence-corrected chi connectivity index (χ4v) is 1.67. The summed E-state index contributed by atoms with van der Waals surface area (Å²) in [6, 6.07) is 7.37. The molecule has 0 bridgehead atoms. The third-order valence-corrected chi connectivity index (χ3v) is 2.54. The third-order valence-electron chi connectivity index (χ3n) is 2.54. The minimum Gasteiger partial charge on any atom is -0.494 e. The van der Waals surface area contributed by atoms with Gasteiger partial charge in [0.15, 0.2) is 6.29 Å². The van der Waals surface area contributed by atoms with Gasteiger partial charge in [-0.3, -0.25) is 4.79 Å². The molecule has 5 heteroatoms. The van der Waals surface area contributed by atoms with Crippen LogP contribution in [0, 0.1) is 0 Å². The van der Waals surface area contributed by atoms with Crippen LogP contribution in [-0.4, -0.2) is 28.4 Å². The molecule has 0 aliphatic heterocycles. The Hall–Kier alpha value is -2.17. The summed E-state index contributed by atoms with van der Waals surface area (Å²) in [4.78, 5) is 11.1. The van der Waals surface area contributed by atoms with Gasteiger partial charge in [-0.05, 0) is 18.6 Å². The smallest absolute Gasteiger partial charge is 0.170 e. The summed E-state index contributed by atoms with van der Waals surface area (Å²) in [7, 11) is 1.58. The molecule has 0 atom stereocenters. The van der Waals surface area contributed by atoms with Crippen LogP contribution in [0.5, 0.6) is 5.75 Å². The first kappa shape index (κ1) is 11.3. The molecule has 0 unspecified atom stereocenters. The molecule has 0 saturated heterocycles. The van der Waals surface area contributed by atoms with Crippen LogP contribution in [0.4, 0.5) is 0 Å². The summed E-state index contributed by atoms with van der Waals surface area (Å²) in [5.41, 5.74) is 1.87. The van der Waals surface area contributed by atoms with Gasteiger partial charge >= 0.3 is 0 Å². The van der Waals surface area contributed by atoms with Gasteiger partial charge in [-0.2, -0.15) is 0 Å². The van der Waals surface area contributed by atoms with E-state index < -0.39 is 0 Å². The van der Waals surface area contributed by atoms with Crippen LogP contribution in [0.25, 0.3) is 5.69 Å². The molecule has 0 aliphatic rings. The van der Waals surface area contributed by atoms with E-state index in [0.717, 1.165) is 6.29 Å². The third kappa shape index (κ3) is 1.91. The van der Waals surface area contributed by atoms with Crippen LogP contribution >= 0.6 is 0 Å². The first-order valence-electron chi connectivity index (χ1n) is 5.35.